The number of esters is 1. The predicted molar refractivity (Wildman–Crippen MR) is 127 cm³/mol. The Balaban J connectivity index is 2.33. The molecule has 2 heterocycles. The number of ether oxygens (including phenoxy) is 4. The Morgan fingerprint density at radius 2 is 2.03 bits per heavy atom. The Bertz CT molecular complexity index is 1110. The van der Waals surface area contributed by atoms with Gasteiger partial charge in [-0.25, -0.2) is 14.8 Å². The highest BCUT2D eigenvalue weighted by Gasteiger charge is 2.27. The number of methoxy groups -OCH3 is 1. The van der Waals surface area contributed by atoms with E-state index in [0.29, 0.717) is 54.6 Å². The smallest absolute Gasteiger partial charge is 0.352 e. The van der Waals surface area contributed by atoms with Crippen molar-refractivity contribution in [1.29, 1.82) is 0 Å². The predicted octanol–water partition coefficient (Wildman–Crippen LogP) is 3.55. The molecule has 0 saturated carbocycles. The molecule has 0 atom stereocenters. The van der Waals surface area contributed by atoms with Crippen molar-refractivity contribution in [3.63, 3.8) is 0 Å². The number of carbonyl (C=O) groups is 1. The molecule has 0 aliphatic heterocycles. The first kappa shape index (κ1) is 23.7. The van der Waals surface area contributed by atoms with Crippen molar-refractivity contribution in [2.45, 2.75) is 19.0 Å². The Morgan fingerprint density at radius 3 is 2.68 bits per heavy atom. The van der Waals surface area contributed by atoms with E-state index in [-0.39, 0.29) is 13.4 Å². The number of thiophene rings is 1. The lowest BCUT2D eigenvalue weighted by Gasteiger charge is -2.13. The van der Waals surface area contributed by atoms with E-state index in [1.54, 1.807) is 14.0 Å². The molecule has 2 aromatic heterocycles. The zero-order valence-corrected chi connectivity index (χ0v) is 20.3. The highest BCUT2D eigenvalue weighted by Crippen LogP contribution is 2.44. The third-order valence-corrected chi connectivity index (χ3v) is 6.27. The zero-order chi connectivity index (χ0) is 22.5. The fourth-order valence-corrected chi connectivity index (χ4v) is 4.69. The average Bonchev–Trinajstić information content (AvgIpc) is 3.12. The molecule has 0 aliphatic rings. The minimum absolute atomic E-state index is 0.0244. The lowest BCUT2D eigenvalue weighted by atomic mass is 9.92. The Morgan fingerprint density at radius 1 is 1.26 bits per heavy atom. The van der Waals surface area contributed by atoms with Gasteiger partial charge in [-0.2, -0.15) is 0 Å². The molecule has 3 rings (SSSR count). The van der Waals surface area contributed by atoms with Gasteiger partial charge < -0.3 is 18.9 Å². The maximum absolute atomic E-state index is 12.7. The second-order valence-corrected chi connectivity index (χ2v) is 8.46. The summed E-state index contributed by atoms with van der Waals surface area (Å²) in [6.07, 6.45) is 1.88. The number of nitrogens with zero attached hydrogens (tertiary/aromatic N) is 2. The van der Waals surface area contributed by atoms with E-state index >= 15 is 0 Å². The van der Waals surface area contributed by atoms with Crippen LogP contribution >= 0.6 is 34.7 Å². The maximum Gasteiger partial charge on any atom is 0.352 e. The third-order valence-electron chi connectivity index (χ3n) is 4.36. The van der Waals surface area contributed by atoms with Crippen molar-refractivity contribution in [2.75, 3.05) is 33.4 Å². The van der Waals surface area contributed by atoms with Crippen molar-refractivity contribution < 1.29 is 23.7 Å². The first-order valence-electron chi connectivity index (χ1n) is 9.55. The molecule has 0 saturated heterocycles. The van der Waals surface area contributed by atoms with E-state index in [9.17, 15) is 4.79 Å². The average molecular weight is 481 g/mol. The second kappa shape index (κ2) is 10.5. The summed E-state index contributed by atoms with van der Waals surface area (Å²) in [5.74, 6) is 0.515. The van der Waals surface area contributed by atoms with Gasteiger partial charge in [-0.05, 0) is 37.7 Å². The molecule has 0 N–H and O–H groups in total. The Hall–Kier alpha value is -2.01. The van der Waals surface area contributed by atoms with Gasteiger partial charge in [0.05, 0.1) is 24.8 Å². The molecule has 0 amide bonds. The molecule has 0 unspecified atom stereocenters. The molecule has 0 bridgehead atoms. The molecular weight excluding hydrogens is 459 g/mol. The van der Waals surface area contributed by atoms with Crippen molar-refractivity contribution in [3.05, 3.63) is 22.0 Å². The highest BCUT2D eigenvalue weighted by molar-refractivity contribution is 7.98. The van der Waals surface area contributed by atoms with Crippen LogP contribution in [0.25, 0.3) is 21.5 Å². The molecule has 0 fully saturated rings. The van der Waals surface area contributed by atoms with Gasteiger partial charge in [-0.1, -0.05) is 23.4 Å². The summed E-state index contributed by atoms with van der Waals surface area (Å²) in [5.41, 5.74) is 2.11. The number of hydrogen-bond donors (Lipinski definition) is 0. The van der Waals surface area contributed by atoms with Gasteiger partial charge in [0.25, 0.3) is 0 Å². The van der Waals surface area contributed by atoms with Crippen LogP contribution in [-0.4, -0.2) is 57.2 Å². The normalized spacial score (nSPS) is 11.0. The number of rotatable bonds is 9. The molecule has 1 aromatic carbocycles. The molecule has 0 aliphatic carbocycles. The number of fused-ring (bicyclic) bond motifs is 1. The molecule has 3 aromatic rings. The van der Waals surface area contributed by atoms with Gasteiger partial charge in [0, 0.05) is 17.2 Å². The maximum atomic E-state index is 12.7. The summed E-state index contributed by atoms with van der Waals surface area (Å²) in [6.45, 7) is 4.30. The van der Waals surface area contributed by atoms with Gasteiger partial charge in [-0.3, -0.25) is 0 Å². The first-order chi connectivity index (χ1) is 14.9. The van der Waals surface area contributed by atoms with E-state index in [4.69, 9.17) is 35.5 Å². The largest absolute Gasteiger partial charge is 0.497 e. The monoisotopic (exact) mass is 480 g/mol. The molecule has 11 heteroatoms. The summed E-state index contributed by atoms with van der Waals surface area (Å²) in [7, 11) is 3.51. The van der Waals surface area contributed by atoms with Gasteiger partial charge in [0.1, 0.15) is 18.4 Å². The van der Waals surface area contributed by atoms with Crippen LogP contribution in [0.5, 0.6) is 11.5 Å². The molecule has 0 radical (unpaired) electrons. The molecule has 164 valence electrons. The van der Waals surface area contributed by atoms with Crippen LogP contribution < -0.4 is 14.9 Å². The fraction of sp³-hybridized carbons (Fsp3) is 0.350. The zero-order valence-electron chi connectivity index (χ0n) is 17.9. The summed E-state index contributed by atoms with van der Waals surface area (Å²) >= 11 is 9.20. The quantitative estimate of drug-likeness (QED) is 0.115. The number of halogens is 1. The number of thioether (sulfide) groups is 1. The molecule has 31 heavy (non-hydrogen) atoms. The first-order valence-corrected chi connectivity index (χ1v) is 12.0. The molecular formula is C20H22BClN2O5S2. The van der Waals surface area contributed by atoms with Gasteiger partial charge >= 0.3 is 5.97 Å². The number of aromatic nitrogens is 2. The van der Waals surface area contributed by atoms with Crippen LogP contribution in [0.15, 0.2) is 17.3 Å². The standard InChI is InChI=1S/C20H22BClN2O5S2/c1-5-27-9-29-16-14-15(10-7-13(26-3)11(21)8-12(10)22)23-20(30-4)24-18(14)31-17(16)19(25)28-6-2/h7-8H,5-6,9,21H2,1-4H3. The Kier molecular flexibility index (Phi) is 8.04. The topological polar surface area (TPSA) is 79.8 Å². The van der Waals surface area contributed by atoms with Crippen LogP contribution in [0, 0.1) is 0 Å². The van der Waals surface area contributed by atoms with Crippen LogP contribution in [0.4, 0.5) is 0 Å². The summed E-state index contributed by atoms with van der Waals surface area (Å²) in [5, 5.41) is 1.63. The number of hydrogen-bond acceptors (Lipinski definition) is 9. The van der Waals surface area contributed by atoms with Crippen LogP contribution in [0.3, 0.4) is 0 Å². The van der Waals surface area contributed by atoms with E-state index in [2.05, 4.69) is 4.98 Å². The minimum atomic E-state index is -0.485. The van der Waals surface area contributed by atoms with Gasteiger partial charge in [-0.15, -0.1) is 11.3 Å². The van der Waals surface area contributed by atoms with E-state index in [1.165, 1.54) is 23.1 Å². The van der Waals surface area contributed by atoms with Crippen LogP contribution in [0.2, 0.25) is 5.02 Å². The van der Waals surface area contributed by atoms with Gasteiger partial charge in [0.15, 0.2) is 22.6 Å². The van der Waals surface area contributed by atoms with Crippen LogP contribution in [0.1, 0.15) is 23.5 Å². The third kappa shape index (κ3) is 4.92. The SMILES string of the molecule is Bc1cc(Cl)c(-c2nc(SC)nc3sc(C(=O)OCC)c(OCOCC)c23)cc1OC. The summed E-state index contributed by atoms with van der Waals surface area (Å²) in [6, 6.07) is 3.65. The second-order valence-electron chi connectivity index (χ2n) is 6.28. The van der Waals surface area contributed by atoms with E-state index < -0.39 is 5.97 Å². The number of carbonyl (C=O) groups excluding carboxylic acids is 1. The fourth-order valence-electron chi connectivity index (χ4n) is 2.95. The van der Waals surface area contributed by atoms with E-state index in [0.717, 1.165) is 5.46 Å². The van der Waals surface area contributed by atoms with Crippen molar-refractivity contribution in [2.24, 2.45) is 0 Å². The summed E-state index contributed by atoms with van der Waals surface area (Å²) < 4.78 is 22.0. The lowest BCUT2D eigenvalue weighted by molar-refractivity contribution is 0.0220. The van der Waals surface area contributed by atoms with Crippen LogP contribution in [-0.2, 0) is 9.47 Å². The van der Waals surface area contributed by atoms with Gasteiger partial charge in [0.2, 0.25) is 0 Å². The van der Waals surface area contributed by atoms with Crippen molar-refractivity contribution >= 4 is 64.2 Å². The number of benzene rings is 1. The molecule has 7 nitrogen and oxygen atoms in total. The van der Waals surface area contributed by atoms with Crippen molar-refractivity contribution in [3.8, 4) is 22.8 Å². The Labute approximate surface area is 194 Å². The minimum Gasteiger partial charge on any atom is -0.497 e. The van der Waals surface area contributed by atoms with E-state index in [1.807, 2.05) is 33.2 Å². The molecule has 0 spiro atoms. The highest BCUT2D eigenvalue weighted by atomic mass is 35.5. The summed E-state index contributed by atoms with van der Waals surface area (Å²) in [4.78, 5) is 22.9. The van der Waals surface area contributed by atoms with Crippen molar-refractivity contribution in [1.82, 2.24) is 9.97 Å². The lowest BCUT2D eigenvalue weighted by Crippen LogP contribution is -2.09.